The van der Waals surface area contributed by atoms with Gasteiger partial charge in [0.2, 0.25) is 0 Å². The molecule has 13 heavy (non-hydrogen) atoms. The summed E-state index contributed by atoms with van der Waals surface area (Å²) in [5, 5.41) is -0.260. The number of hydrogen-bond acceptors (Lipinski definition) is 3. The molecule has 1 aliphatic rings. The molecule has 0 aromatic heterocycles. The van der Waals surface area contributed by atoms with E-state index in [-0.39, 0.29) is 5.25 Å². The first kappa shape index (κ1) is 11.0. The van der Waals surface area contributed by atoms with Crippen molar-refractivity contribution in [1.29, 1.82) is 0 Å². The van der Waals surface area contributed by atoms with Gasteiger partial charge in [0.25, 0.3) is 0 Å². The van der Waals surface area contributed by atoms with Crippen molar-refractivity contribution < 1.29 is 8.42 Å². The van der Waals surface area contributed by atoms with Crippen LogP contribution in [-0.2, 0) is 9.84 Å². The smallest absolute Gasteiger partial charge is 0.159 e. The van der Waals surface area contributed by atoms with E-state index in [1.54, 1.807) is 13.8 Å². The van der Waals surface area contributed by atoms with Crippen LogP contribution in [0.4, 0.5) is 0 Å². The lowest BCUT2D eigenvalue weighted by Crippen LogP contribution is -2.42. The normalized spacial score (nSPS) is 31.5. The average Bonchev–Trinajstić information content (AvgIpc) is 2.32. The molecule has 0 saturated carbocycles. The highest BCUT2D eigenvalue weighted by Gasteiger charge is 2.44. The average molecular weight is 205 g/mol. The molecule has 0 amide bonds. The van der Waals surface area contributed by atoms with Gasteiger partial charge in [0, 0.05) is 6.54 Å². The van der Waals surface area contributed by atoms with E-state index in [2.05, 4.69) is 4.90 Å². The topological polar surface area (TPSA) is 37.4 Å². The van der Waals surface area contributed by atoms with Crippen molar-refractivity contribution in [2.24, 2.45) is 0 Å². The molecular weight excluding hydrogens is 186 g/mol. The molecule has 1 fully saturated rings. The molecule has 78 valence electrons. The first-order valence-electron chi connectivity index (χ1n) is 4.71. The van der Waals surface area contributed by atoms with Crippen molar-refractivity contribution in [3.05, 3.63) is 0 Å². The predicted octanol–water partition coefficient (Wildman–Crippen LogP) is 0.904. The highest BCUT2D eigenvalue weighted by molar-refractivity contribution is 7.93. The first-order chi connectivity index (χ1) is 5.79. The van der Waals surface area contributed by atoms with E-state index in [0.717, 1.165) is 13.0 Å². The zero-order valence-corrected chi connectivity index (χ0v) is 9.69. The quantitative estimate of drug-likeness (QED) is 0.672. The Balaban J connectivity index is 2.94. The van der Waals surface area contributed by atoms with Gasteiger partial charge < -0.3 is 4.90 Å². The van der Waals surface area contributed by atoms with Gasteiger partial charge in [0.15, 0.2) is 9.84 Å². The van der Waals surface area contributed by atoms with Crippen molar-refractivity contribution >= 4 is 9.84 Å². The van der Waals surface area contributed by atoms with Crippen molar-refractivity contribution in [3.63, 3.8) is 0 Å². The van der Waals surface area contributed by atoms with E-state index in [1.165, 1.54) is 0 Å². The van der Waals surface area contributed by atoms with Gasteiger partial charge in [0.05, 0.1) is 10.00 Å². The third-order valence-corrected chi connectivity index (χ3v) is 5.88. The van der Waals surface area contributed by atoms with Crippen molar-refractivity contribution in [2.45, 2.75) is 37.2 Å². The van der Waals surface area contributed by atoms with Crippen LogP contribution in [0.1, 0.15) is 27.2 Å². The Morgan fingerprint density at radius 2 is 1.92 bits per heavy atom. The second-order valence-electron chi connectivity index (χ2n) is 4.53. The summed E-state index contributed by atoms with van der Waals surface area (Å²) < 4.78 is 23.4. The summed E-state index contributed by atoms with van der Waals surface area (Å²) in [7, 11) is -0.977. The molecule has 1 aliphatic heterocycles. The van der Waals surface area contributed by atoms with Gasteiger partial charge in [-0.25, -0.2) is 8.42 Å². The minimum atomic E-state index is -2.95. The number of hydrogen-bond donors (Lipinski definition) is 0. The van der Waals surface area contributed by atoms with E-state index >= 15 is 0 Å². The summed E-state index contributed by atoms with van der Waals surface area (Å²) in [6.07, 6.45) is 0.768. The molecule has 1 heterocycles. The van der Waals surface area contributed by atoms with E-state index in [0.29, 0.717) is 6.54 Å². The van der Waals surface area contributed by atoms with Crippen LogP contribution in [0.2, 0.25) is 0 Å². The van der Waals surface area contributed by atoms with Gasteiger partial charge in [-0.15, -0.1) is 0 Å². The van der Waals surface area contributed by atoms with Crippen LogP contribution < -0.4 is 0 Å². The number of nitrogens with zero attached hydrogens (tertiary/aromatic N) is 1. The highest BCUT2D eigenvalue weighted by Crippen LogP contribution is 2.31. The Bertz CT molecular complexity index is 284. The predicted molar refractivity (Wildman–Crippen MR) is 54.6 cm³/mol. The van der Waals surface area contributed by atoms with Crippen molar-refractivity contribution in [3.8, 4) is 0 Å². The molecule has 1 saturated heterocycles. The Morgan fingerprint density at radius 3 is 2.23 bits per heavy atom. The molecule has 4 heteroatoms. The number of sulfone groups is 1. The second kappa shape index (κ2) is 3.24. The maximum absolute atomic E-state index is 12.0. The Hall–Kier alpha value is -0.0900. The fourth-order valence-electron chi connectivity index (χ4n) is 1.96. The molecule has 0 N–H and O–H groups in total. The lowest BCUT2D eigenvalue weighted by molar-refractivity contribution is 0.403. The lowest BCUT2D eigenvalue weighted by Gasteiger charge is -2.26. The molecule has 1 unspecified atom stereocenters. The highest BCUT2D eigenvalue weighted by atomic mass is 32.2. The van der Waals surface area contributed by atoms with E-state index < -0.39 is 14.6 Å². The summed E-state index contributed by atoms with van der Waals surface area (Å²) in [4.78, 5) is 2.08. The van der Waals surface area contributed by atoms with Crippen LogP contribution in [0.25, 0.3) is 0 Å². The summed E-state index contributed by atoms with van der Waals surface area (Å²) in [6.45, 7) is 6.96. The van der Waals surface area contributed by atoms with Gasteiger partial charge in [-0.05, 0) is 40.8 Å². The largest absolute Gasteiger partial charge is 0.305 e. The van der Waals surface area contributed by atoms with Crippen LogP contribution in [-0.4, -0.2) is 43.5 Å². The molecular formula is C9H19NO2S. The summed E-state index contributed by atoms with van der Waals surface area (Å²) >= 11 is 0. The molecule has 0 aliphatic carbocycles. The van der Waals surface area contributed by atoms with E-state index in [9.17, 15) is 8.42 Å². The minimum absolute atomic E-state index is 0.260. The molecule has 0 bridgehead atoms. The van der Waals surface area contributed by atoms with Crippen LogP contribution in [0, 0.1) is 0 Å². The maximum Gasteiger partial charge on any atom is 0.159 e. The monoisotopic (exact) mass is 205 g/mol. The van der Waals surface area contributed by atoms with Crippen LogP contribution in [0.3, 0.4) is 0 Å². The van der Waals surface area contributed by atoms with Crippen molar-refractivity contribution in [2.75, 3.05) is 20.1 Å². The fourth-order valence-corrected chi connectivity index (χ4v) is 3.87. The third-order valence-electron chi connectivity index (χ3n) is 2.93. The second-order valence-corrected chi connectivity index (χ2v) is 7.55. The molecule has 0 spiro atoms. The van der Waals surface area contributed by atoms with Gasteiger partial charge in [0.1, 0.15) is 0 Å². The van der Waals surface area contributed by atoms with E-state index in [1.807, 2.05) is 14.0 Å². The summed E-state index contributed by atoms with van der Waals surface area (Å²) in [5.74, 6) is 0. The molecule has 1 rings (SSSR count). The van der Waals surface area contributed by atoms with Crippen LogP contribution in [0.15, 0.2) is 0 Å². The molecule has 1 atom stereocenters. The zero-order valence-electron chi connectivity index (χ0n) is 8.87. The molecule has 0 aromatic rings. The summed E-state index contributed by atoms with van der Waals surface area (Å²) in [6, 6.07) is 0. The SMILES string of the molecule is CC(C)S(=O)(=O)C1(C)CCN(C)C1. The van der Waals surface area contributed by atoms with Gasteiger partial charge >= 0.3 is 0 Å². The molecule has 0 aromatic carbocycles. The zero-order chi connectivity index (χ0) is 10.3. The Labute approximate surface area is 81.0 Å². The van der Waals surface area contributed by atoms with Gasteiger partial charge in [-0.1, -0.05) is 0 Å². The van der Waals surface area contributed by atoms with Gasteiger partial charge in [-0.3, -0.25) is 0 Å². The third kappa shape index (κ3) is 1.74. The number of likely N-dealkylation sites (tertiary alicyclic amines) is 1. The minimum Gasteiger partial charge on any atom is -0.305 e. The number of rotatable bonds is 2. The Kier molecular flexibility index (Phi) is 2.74. The van der Waals surface area contributed by atoms with Gasteiger partial charge in [-0.2, -0.15) is 0 Å². The fraction of sp³-hybridized carbons (Fsp3) is 1.00. The first-order valence-corrected chi connectivity index (χ1v) is 6.26. The molecule has 0 radical (unpaired) electrons. The lowest BCUT2D eigenvalue weighted by atomic mass is 10.1. The van der Waals surface area contributed by atoms with Crippen molar-refractivity contribution in [1.82, 2.24) is 4.90 Å². The summed E-state index contributed by atoms with van der Waals surface area (Å²) in [5.41, 5.74) is 0. The standard InChI is InChI=1S/C9H19NO2S/c1-8(2)13(11,12)9(3)5-6-10(4)7-9/h8H,5-7H2,1-4H3. The maximum atomic E-state index is 12.0. The van der Waals surface area contributed by atoms with Crippen LogP contribution >= 0.6 is 0 Å². The van der Waals surface area contributed by atoms with E-state index in [4.69, 9.17) is 0 Å². The van der Waals surface area contributed by atoms with Crippen LogP contribution in [0.5, 0.6) is 0 Å². The molecule has 3 nitrogen and oxygen atoms in total. The Morgan fingerprint density at radius 1 is 1.38 bits per heavy atom.